The van der Waals surface area contributed by atoms with Crippen molar-refractivity contribution in [3.05, 3.63) is 155 Å². The summed E-state index contributed by atoms with van der Waals surface area (Å²) in [7, 11) is -3.03. The molecule has 5 rings (SSSR count). The van der Waals surface area contributed by atoms with Crippen molar-refractivity contribution >= 4 is 53.3 Å². The topological polar surface area (TPSA) is 107 Å². The molecule has 1 unspecified atom stereocenters. The van der Waals surface area contributed by atoms with Crippen molar-refractivity contribution in [1.82, 2.24) is 5.32 Å². The summed E-state index contributed by atoms with van der Waals surface area (Å²) in [5.74, 6) is -1.27. The van der Waals surface area contributed by atoms with E-state index in [1.165, 1.54) is 6.07 Å². The van der Waals surface area contributed by atoms with E-state index in [0.29, 0.717) is 11.0 Å². The lowest BCUT2D eigenvalue weighted by Gasteiger charge is -2.42. The summed E-state index contributed by atoms with van der Waals surface area (Å²) >= 11 is 0. The fourth-order valence-corrected chi connectivity index (χ4v) is 11.1. The number of ether oxygens (including phenoxy) is 2. The molecule has 1 amide bonds. The number of nitrogens with one attached hydrogen (secondary N) is 1. The maximum atomic E-state index is 14.0. The second-order valence-electron chi connectivity index (χ2n) is 14.3. The van der Waals surface area contributed by atoms with E-state index in [9.17, 15) is 14.4 Å². The van der Waals surface area contributed by atoms with Crippen molar-refractivity contribution < 1.29 is 27.9 Å². The average Bonchev–Trinajstić information content (AvgIpc) is 3.20. The lowest BCUT2D eigenvalue weighted by molar-refractivity contribution is -0.160. The highest BCUT2D eigenvalue weighted by molar-refractivity contribution is 6.99. The van der Waals surface area contributed by atoms with Crippen LogP contribution < -0.4 is 26.2 Å². The molecule has 0 bridgehead atoms. The molecule has 9 nitrogen and oxygen atoms in total. The number of carbonyl (C=O) groups is 2. The average molecular weight is 773 g/mol. The van der Waals surface area contributed by atoms with Gasteiger partial charge in [0.05, 0.1) is 19.5 Å². The molecule has 0 aliphatic carbocycles. The summed E-state index contributed by atoms with van der Waals surface area (Å²) in [5.41, 5.74) is -0.457. The largest absolute Gasteiger partial charge is 0.540 e. The number of benzene rings is 4. The number of amides is 1. The number of hydrogen-bond donors (Lipinski definition) is 1. The Labute approximate surface area is 330 Å². The minimum absolute atomic E-state index is 0.0268. The highest BCUT2D eigenvalue weighted by Crippen LogP contribution is 2.37. The molecule has 5 aromatic rings. The highest BCUT2D eigenvalue weighted by Gasteiger charge is 2.51. The molecule has 1 atom stereocenters. The van der Waals surface area contributed by atoms with Crippen molar-refractivity contribution in [1.29, 1.82) is 0 Å². The summed E-state index contributed by atoms with van der Waals surface area (Å²) in [6.45, 7) is 13.9. The van der Waals surface area contributed by atoms with Crippen molar-refractivity contribution in [2.75, 3.05) is 37.7 Å². The van der Waals surface area contributed by atoms with Gasteiger partial charge in [-0.25, -0.2) is 9.59 Å². The first-order chi connectivity index (χ1) is 27.0. The first-order valence-electron chi connectivity index (χ1n) is 19.1. The number of anilines is 1. The molecule has 0 fully saturated rings. The molecule has 4 aromatic carbocycles. The predicted octanol–water partition coefficient (Wildman–Crippen LogP) is 7.49. The van der Waals surface area contributed by atoms with Crippen LogP contribution in [0.4, 0.5) is 5.69 Å². The SMILES string of the molecule is CCOC(=O)C(/C=C/O[Si](c1ccccc1)(c1ccccc1)C(C)(C)C)(/C=C/c1ccccc1)OCCNC(=O)c1cc2ccc(N(CC)CC)cc2oc1=O. The zero-order valence-corrected chi connectivity index (χ0v) is 34.1. The lowest BCUT2D eigenvalue weighted by Crippen LogP contribution is -2.65. The Bertz CT molecular complexity index is 2140. The summed E-state index contributed by atoms with van der Waals surface area (Å²) in [6.07, 6.45) is 6.57. The normalized spacial score (nSPS) is 13.1. The Kier molecular flexibility index (Phi) is 13.9. The second-order valence-corrected chi connectivity index (χ2v) is 18.5. The van der Waals surface area contributed by atoms with Gasteiger partial charge in [0, 0.05) is 36.8 Å². The first-order valence-corrected chi connectivity index (χ1v) is 21.0. The second kappa shape index (κ2) is 18.8. The van der Waals surface area contributed by atoms with Crippen molar-refractivity contribution in [2.45, 2.75) is 52.2 Å². The maximum absolute atomic E-state index is 14.0. The lowest BCUT2D eigenvalue weighted by atomic mass is 10.0. The Hall–Kier alpha value is -5.71. The predicted molar refractivity (Wildman–Crippen MR) is 227 cm³/mol. The molecule has 0 saturated heterocycles. The molecule has 56 heavy (non-hydrogen) atoms. The van der Waals surface area contributed by atoms with Crippen LogP contribution in [0.1, 0.15) is 57.5 Å². The standard InChI is InChI=1S/C46H52N2O7Si/c1-7-48(8-2)37-26-25-36-33-40(43(50)55-41(36)34-37)42(49)47-30-32-53-46(44(51)52-9-3,28-27-35-19-13-10-14-20-35)29-31-54-56(45(4,5)6,38-21-15-11-16-22-38)39-23-17-12-18-24-39/h10-29,31,33-34H,7-9,30,32H2,1-6H3,(H,47,49)/b28-27+,31-29+. The Morgan fingerprint density at radius 3 is 1.98 bits per heavy atom. The van der Waals surface area contributed by atoms with Gasteiger partial charge in [0.15, 0.2) is 0 Å². The van der Waals surface area contributed by atoms with Gasteiger partial charge in [-0.15, -0.1) is 0 Å². The van der Waals surface area contributed by atoms with E-state index in [0.717, 1.165) is 34.7 Å². The van der Waals surface area contributed by atoms with Gasteiger partial charge in [-0.1, -0.05) is 118 Å². The molecule has 1 N–H and O–H groups in total. The minimum Gasteiger partial charge on any atom is -0.540 e. The van der Waals surface area contributed by atoms with Gasteiger partial charge in [0.1, 0.15) is 11.1 Å². The molecule has 10 heteroatoms. The van der Waals surface area contributed by atoms with E-state index in [1.807, 2.05) is 84.9 Å². The van der Waals surface area contributed by atoms with Crippen LogP contribution in [0.5, 0.6) is 0 Å². The third-order valence-electron chi connectivity index (χ3n) is 9.72. The van der Waals surface area contributed by atoms with Crippen molar-refractivity contribution in [3.8, 4) is 0 Å². The van der Waals surface area contributed by atoms with Crippen molar-refractivity contribution in [3.63, 3.8) is 0 Å². The van der Waals surface area contributed by atoms with Crippen LogP contribution >= 0.6 is 0 Å². The summed E-state index contributed by atoms with van der Waals surface area (Å²) in [4.78, 5) is 42.4. The molecule has 0 radical (unpaired) electrons. The fourth-order valence-electron chi connectivity index (χ4n) is 6.83. The molecular formula is C46H52N2O7Si. The quantitative estimate of drug-likeness (QED) is 0.0341. The molecule has 0 aliphatic rings. The fraction of sp³-hybridized carbons (Fsp3) is 0.283. The van der Waals surface area contributed by atoms with Gasteiger partial charge in [0.2, 0.25) is 5.60 Å². The molecule has 0 saturated carbocycles. The first kappa shape index (κ1) is 41.5. The number of nitrogens with zero attached hydrogens (tertiary/aromatic N) is 1. The third-order valence-corrected chi connectivity index (χ3v) is 14.6. The zero-order chi connectivity index (χ0) is 40.2. The highest BCUT2D eigenvalue weighted by atomic mass is 28.4. The Morgan fingerprint density at radius 2 is 1.41 bits per heavy atom. The summed E-state index contributed by atoms with van der Waals surface area (Å²) in [6, 6.07) is 37.0. The molecule has 1 aromatic heterocycles. The molecule has 0 aliphatic heterocycles. The Balaban J connectivity index is 1.45. The van der Waals surface area contributed by atoms with Crippen molar-refractivity contribution in [2.24, 2.45) is 0 Å². The molecular weight excluding hydrogens is 721 g/mol. The number of fused-ring (bicyclic) bond motifs is 1. The third kappa shape index (κ3) is 9.38. The van der Waals surface area contributed by atoms with Gasteiger partial charge >= 0.3 is 19.9 Å². The van der Waals surface area contributed by atoms with Gasteiger partial charge in [-0.05, 0) is 72.1 Å². The van der Waals surface area contributed by atoms with E-state index >= 15 is 0 Å². The van der Waals surface area contributed by atoms with Crippen LogP contribution in [0.3, 0.4) is 0 Å². The van der Waals surface area contributed by atoms with E-state index < -0.39 is 31.4 Å². The van der Waals surface area contributed by atoms with Crippen LogP contribution in [0.15, 0.2) is 143 Å². The van der Waals surface area contributed by atoms with Gasteiger partial charge < -0.3 is 28.5 Å². The molecule has 1 heterocycles. The smallest absolute Gasteiger partial charge is 0.349 e. The maximum Gasteiger partial charge on any atom is 0.349 e. The van der Waals surface area contributed by atoms with E-state index in [1.54, 1.807) is 31.4 Å². The van der Waals surface area contributed by atoms with E-state index in [2.05, 4.69) is 69.1 Å². The summed E-state index contributed by atoms with van der Waals surface area (Å²) < 4.78 is 24.6. The Morgan fingerprint density at radius 1 is 0.804 bits per heavy atom. The number of carbonyl (C=O) groups excluding carboxylic acids is 2. The van der Waals surface area contributed by atoms with Crippen LogP contribution in [0.2, 0.25) is 5.04 Å². The van der Waals surface area contributed by atoms with Gasteiger partial charge in [0.25, 0.3) is 5.91 Å². The number of rotatable bonds is 17. The molecule has 292 valence electrons. The van der Waals surface area contributed by atoms with E-state index in [-0.39, 0.29) is 30.4 Å². The zero-order valence-electron chi connectivity index (χ0n) is 33.1. The van der Waals surface area contributed by atoms with Crippen LogP contribution in [-0.4, -0.2) is 58.6 Å². The van der Waals surface area contributed by atoms with Gasteiger partial charge in [-0.3, -0.25) is 4.79 Å². The molecule has 0 spiro atoms. The minimum atomic E-state index is -3.03. The number of hydrogen-bond acceptors (Lipinski definition) is 8. The monoisotopic (exact) mass is 772 g/mol. The summed E-state index contributed by atoms with van der Waals surface area (Å²) in [5, 5.41) is 5.18. The van der Waals surface area contributed by atoms with Crippen LogP contribution in [0, 0.1) is 0 Å². The van der Waals surface area contributed by atoms with Crippen LogP contribution in [-0.2, 0) is 18.7 Å². The van der Waals surface area contributed by atoms with Gasteiger partial charge in [-0.2, -0.15) is 0 Å². The number of esters is 1. The van der Waals surface area contributed by atoms with Crippen LogP contribution in [0.25, 0.3) is 17.0 Å². The van der Waals surface area contributed by atoms with E-state index in [4.69, 9.17) is 18.3 Å².